The van der Waals surface area contributed by atoms with E-state index in [0.29, 0.717) is 0 Å². The van der Waals surface area contributed by atoms with Gasteiger partial charge in [-0.15, -0.1) is 0 Å². The van der Waals surface area contributed by atoms with E-state index >= 15 is 0 Å². The second kappa shape index (κ2) is 10.8. The molecule has 0 bridgehead atoms. The van der Waals surface area contributed by atoms with Crippen molar-refractivity contribution in [3.8, 4) is 0 Å². The van der Waals surface area contributed by atoms with E-state index in [4.69, 9.17) is 25.4 Å². The van der Waals surface area contributed by atoms with Crippen LogP contribution in [0, 0.1) is 0 Å². The zero-order valence-corrected chi connectivity index (χ0v) is 4.80. The van der Waals surface area contributed by atoms with Gasteiger partial charge in [0.05, 0.1) is 13.2 Å². The molecule has 55 valence electrons. The highest BCUT2D eigenvalue weighted by Crippen LogP contribution is 1.71. The highest BCUT2D eigenvalue weighted by molar-refractivity contribution is 6.13. The zero-order valence-electron chi connectivity index (χ0n) is 4.80. The summed E-state index contributed by atoms with van der Waals surface area (Å²) in [5.41, 5.74) is 0. The first kappa shape index (κ1) is 11.6. The van der Waals surface area contributed by atoms with Gasteiger partial charge in [0.15, 0.2) is 0 Å². The van der Waals surface area contributed by atoms with Crippen LogP contribution in [0.15, 0.2) is 0 Å². The first-order valence-electron chi connectivity index (χ1n) is 2.22. The van der Waals surface area contributed by atoms with Crippen LogP contribution in [0.4, 0.5) is 0 Å². The third-order valence-electron chi connectivity index (χ3n) is 0.421. The summed E-state index contributed by atoms with van der Waals surface area (Å²) in [6, 6.07) is 0. The summed E-state index contributed by atoms with van der Waals surface area (Å²) < 4.78 is 0. The van der Waals surface area contributed by atoms with E-state index < -0.39 is 6.10 Å². The molecule has 0 saturated heterocycles. The van der Waals surface area contributed by atoms with Crippen LogP contribution in [0.3, 0.4) is 0 Å². The van der Waals surface area contributed by atoms with Gasteiger partial charge >= 0.3 is 7.69 Å². The molecule has 0 heterocycles. The van der Waals surface area contributed by atoms with Crippen LogP contribution in [0.5, 0.6) is 0 Å². The lowest BCUT2D eigenvalue weighted by molar-refractivity contribution is 0.0450. The van der Waals surface area contributed by atoms with Gasteiger partial charge in [-0.1, -0.05) is 0 Å². The third-order valence-corrected chi connectivity index (χ3v) is 0.421. The molecule has 0 aromatic rings. The van der Waals surface area contributed by atoms with Crippen molar-refractivity contribution in [1.29, 1.82) is 0 Å². The molecule has 0 unspecified atom stereocenters. The van der Waals surface area contributed by atoms with E-state index in [9.17, 15) is 0 Å². The summed E-state index contributed by atoms with van der Waals surface area (Å²) in [7, 11) is 0. The molecular weight excluding hydrogens is 127 g/mol. The molecule has 0 aliphatic rings. The Morgan fingerprint density at radius 1 is 1.11 bits per heavy atom. The van der Waals surface area contributed by atoms with Crippen LogP contribution in [-0.2, 0) is 0 Å². The Balaban J connectivity index is 0. The maximum atomic E-state index is 8.17. The topological polar surface area (TPSA) is 101 Å². The first-order chi connectivity index (χ1) is 4.22. The average molecular weight is 137 g/mol. The van der Waals surface area contributed by atoms with Crippen LogP contribution in [-0.4, -0.2) is 52.4 Å². The van der Waals surface area contributed by atoms with Crippen LogP contribution in [0.2, 0.25) is 0 Å². The predicted octanol–water partition coefficient (Wildman–Crippen LogP) is -3.16. The van der Waals surface area contributed by atoms with Crippen molar-refractivity contribution in [3.63, 3.8) is 0 Å². The Kier molecular flexibility index (Phi) is 13.9. The number of hydrogen-bond acceptors (Lipinski definition) is 5. The molecule has 0 aliphatic heterocycles. The zero-order chi connectivity index (χ0) is 7.70. The molecule has 1 radical (unpaired) electrons. The standard InChI is InChI=1S/C3H8O3.BH2O2/c4-1-3(6)2-5;2-1-3/h3-6H,1-2H2;2-3H. The fourth-order valence-electron chi connectivity index (χ4n) is 0.0577. The fraction of sp³-hybridized carbons (Fsp3) is 1.00. The van der Waals surface area contributed by atoms with Crippen molar-refractivity contribution in [2.45, 2.75) is 6.10 Å². The van der Waals surface area contributed by atoms with Crippen molar-refractivity contribution in [3.05, 3.63) is 0 Å². The number of aliphatic hydroxyl groups excluding tert-OH is 3. The van der Waals surface area contributed by atoms with Crippen molar-refractivity contribution < 1.29 is 25.4 Å². The minimum absolute atomic E-state index is 0. The quantitative estimate of drug-likeness (QED) is 0.258. The second-order valence-electron chi connectivity index (χ2n) is 1.13. The molecule has 6 heteroatoms. The van der Waals surface area contributed by atoms with Crippen LogP contribution >= 0.6 is 0 Å². The highest BCUT2D eigenvalue weighted by Gasteiger charge is 1.93. The maximum absolute atomic E-state index is 8.17. The lowest BCUT2D eigenvalue weighted by Gasteiger charge is -1.96. The van der Waals surface area contributed by atoms with Gasteiger partial charge in [0.2, 0.25) is 0 Å². The monoisotopic (exact) mass is 137 g/mol. The lowest BCUT2D eigenvalue weighted by atomic mass is 10.4. The van der Waals surface area contributed by atoms with Gasteiger partial charge in [-0.3, -0.25) is 0 Å². The van der Waals surface area contributed by atoms with E-state index in [2.05, 4.69) is 0 Å². The maximum Gasteiger partial charge on any atom is 0.482 e. The second-order valence-corrected chi connectivity index (χ2v) is 1.13. The first-order valence-corrected chi connectivity index (χ1v) is 2.22. The van der Waals surface area contributed by atoms with E-state index in [-0.39, 0.29) is 20.9 Å². The Hall–Kier alpha value is -0.135. The molecule has 5 N–H and O–H groups in total. The van der Waals surface area contributed by atoms with E-state index in [1.165, 1.54) is 0 Å². The molecule has 0 aliphatic carbocycles. The van der Waals surface area contributed by atoms with Crippen LogP contribution < -0.4 is 0 Å². The van der Waals surface area contributed by atoms with Gasteiger partial charge in [0.1, 0.15) is 6.10 Å². The van der Waals surface area contributed by atoms with E-state index in [1.807, 2.05) is 0 Å². The fourth-order valence-corrected chi connectivity index (χ4v) is 0.0577. The van der Waals surface area contributed by atoms with Gasteiger partial charge in [-0.2, -0.15) is 0 Å². The third kappa shape index (κ3) is 18.1. The number of hydrogen-bond donors (Lipinski definition) is 5. The van der Waals surface area contributed by atoms with Crippen LogP contribution in [0.25, 0.3) is 0 Å². The molecule has 0 rings (SSSR count). The lowest BCUT2D eigenvalue weighted by Crippen LogP contribution is -2.15. The Labute approximate surface area is 53.5 Å². The van der Waals surface area contributed by atoms with Crippen LogP contribution in [0.1, 0.15) is 0 Å². The Morgan fingerprint density at radius 3 is 1.33 bits per heavy atom. The summed E-state index contributed by atoms with van der Waals surface area (Å²) in [6.07, 6.45) is -0.954. The van der Waals surface area contributed by atoms with Gasteiger partial charge in [0, 0.05) is 0 Å². The molecule has 0 spiro atoms. The molecule has 0 fully saturated rings. The Morgan fingerprint density at radius 2 is 1.33 bits per heavy atom. The number of aliphatic hydroxyl groups is 3. The smallest absolute Gasteiger partial charge is 0.429 e. The van der Waals surface area contributed by atoms with E-state index in [1.54, 1.807) is 0 Å². The minimum atomic E-state index is -0.954. The molecule has 0 atom stereocenters. The van der Waals surface area contributed by atoms with Crippen molar-refractivity contribution in [1.82, 2.24) is 0 Å². The molecule has 9 heavy (non-hydrogen) atoms. The van der Waals surface area contributed by atoms with E-state index in [0.717, 1.165) is 0 Å². The normalized spacial score (nSPS) is 8.22. The summed E-state index contributed by atoms with van der Waals surface area (Å²) in [6.45, 7) is -0.729. The Bertz CT molecular complexity index is 39.2. The average Bonchev–Trinajstić information content (AvgIpc) is 1.88. The summed E-state index contributed by atoms with van der Waals surface area (Å²) >= 11 is 0. The summed E-state index contributed by atoms with van der Waals surface area (Å²) in [5, 5.41) is 38.0. The summed E-state index contributed by atoms with van der Waals surface area (Å²) in [5.74, 6) is 0. The van der Waals surface area contributed by atoms with Crippen molar-refractivity contribution in [2.75, 3.05) is 13.2 Å². The molecule has 0 amide bonds. The molecule has 0 saturated carbocycles. The van der Waals surface area contributed by atoms with Gasteiger partial charge < -0.3 is 25.4 Å². The molecular formula is C3H10BO5. The number of rotatable bonds is 2. The predicted molar refractivity (Wildman–Crippen MR) is 30.4 cm³/mol. The summed E-state index contributed by atoms with van der Waals surface area (Å²) in [4.78, 5) is 0. The van der Waals surface area contributed by atoms with Crippen molar-refractivity contribution in [2.24, 2.45) is 0 Å². The molecule has 5 nitrogen and oxygen atoms in total. The van der Waals surface area contributed by atoms with Gasteiger partial charge in [0.25, 0.3) is 0 Å². The molecule has 0 aromatic carbocycles. The largest absolute Gasteiger partial charge is 0.482 e. The van der Waals surface area contributed by atoms with Gasteiger partial charge in [-0.25, -0.2) is 0 Å². The van der Waals surface area contributed by atoms with Gasteiger partial charge in [-0.05, 0) is 0 Å². The minimum Gasteiger partial charge on any atom is -0.429 e. The molecule has 0 aromatic heterocycles. The SMILES string of the molecule is OCC(O)CO.O[B]O. The highest BCUT2D eigenvalue weighted by atomic mass is 16.4. The van der Waals surface area contributed by atoms with Crippen molar-refractivity contribution >= 4 is 7.69 Å².